The molecule has 2 atom stereocenters. The number of allylic oxidation sites excluding steroid dienone is 2. The van der Waals surface area contributed by atoms with Gasteiger partial charge in [-0.25, -0.2) is 0 Å². The third kappa shape index (κ3) is 2.88. The average Bonchev–Trinajstić information content (AvgIpc) is 2.75. The van der Waals surface area contributed by atoms with Gasteiger partial charge in [0.25, 0.3) is 0 Å². The molecule has 3 nitrogen and oxygen atoms in total. The van der Waals surface area contributed by atoms with E-state index in [0.29, 0.717) is 18.9 Å². The number of nitrogens with zero attached hydrogens (tertiary/aromatic N) is 2. The molecule has 0 saturated heterocycles. The summed E-state index contributed by atoms with van der Waals surface area (Å²) in [6.45, 7) is 8.93. The van der Waals surface area contributed by atoms with Crippen molar-refractivity contribution in [2.45, 2.75) is 34.1 Å². The van der Waals surface area contributed by atoms with Crippen LogP contribution in [0, 0.1) is 28.6 Å². The number of carbonyl (C=O) groups excluding carboxylic acids is 1. The minimum Gasteiger partial charge on any atom is -0.344 e. The van der Waals surface area contributed by atoms with Crippen LogP contribution in [0.1, 0.15) is 34.1 Å². The van der Waals surface area contributed by atoms with Crippen molar-refractivity contribution < 1.29 is 4.79 Å². The van der Waals surface area contributed by atoms with Gasteiger partial charge in [0.2, 0.25) is 5.91 Å². The highest BCUT2D eigenvalue weighted by molar-refractivity contribution is 5.83. The molecule has 94 valence electrons. The smallest absolute Gasteiger partial charge is 0.226 e. The van der Waals surface area contributed by atoms with Gasteiger partial charge in [0.1, 0.15) is 0 Å². The Balaban J connectivity index is 2.66. The second-order valence-corrected chi connectivity index (χ2v) is 5.74. The summed E-state index contributed by atoms with van der Waals surface area (Å²) < 4.78 is 0. The number of nitriles is 1. The highest BCUT2D eigenvalue weighted by atomic mass is 16.2. The van der Waals surface area contributed by atoms with Crippen LogP contribution in [0.2, 0.25) is 0 Å². The third-order valence-electron chi connectivity index (χ3n) is 3.62. The molecule has 0 radical (unpaired) electrons. The predicted molar refractivity (Wildman–Crippen MR) is 68.1 cm³/mol. The van der Waals surface area contributed by atoms with E-state index in [0.717, 1.165) is 0 Å². The maximum Gasteiger partial charge on any atom is 0.226 e. The van der Waals surface area contributed by atoms with E-state index < -0.39 is 0 Å². The lowest BCUT2D eigenvalue weighted by atomic mass is 10.1. The van der Waals surface area contributed by atoms with Crippen molar-refractivity contribution in [3.8, 4) is 6.07 Å². The second kappa shape index (κ2) is 4.91. The van der Waals surface area contributed by atoms with Crippen molar-refractivity contribution in [1.82, 2.24) is 4.90 Å². The fourth-order valence-electron chi connectivity index (χ4n) is 2.38. The van der Waals surface area contributed by atoms with Gasteiger partial charge in [0.15, 0.2) is 0 Å². The van der Waals surface area contributed by atoms with Crippen LogP contribution in [0.5, 0.6) is 0 Å². The molecule has 0 unspecified atom stereocenters. The van der Waals surface area contributed by atoms with E-state index in [4.69, 9.17) is 5.26 Å². The zero-order valence-corrected chi connectivity index (χ0v) is 11.4. The summed E-state index contributed by atoms with van der Waals surface area (Å²) in [5, 5.41) is 8.53. The van der Waals surface area contributed by atoms with E-state index in [1.165, 1.54) is 5.57 Å². The lowest BCUT2D eigenvalue weighted by Crippen LogP contribution is -2.30. The first-order chi connectivity index (χ1) is 7.82. The molecular formula is C14H22N2O. The topological polar surface area (TPSA) is 44.1 Å². The summed E-state index contributed by atoms with van der Waals surface area (Å²) in [5.41, 5.74) is 1.33. The molecule has 1 saturated carbocycles. The first-order valence-electron chi connectivity index (χ1n) is 6.09. The molecular weight excluding hydrogens is 212 g/mol. The fourth-order valence-corrected chi connectivity index (χ4v) is 2.38. The van der Waals surface area contributed by atoms with Gasteiger partial charge >= 0.3 is 0 Å². The van der Waals surface area contributed by atoms with Gasteiger partial charge in [-0.2, -0.15) is 5.26 Å². The van der Waals surface area contributed by atoms with E-state index >= 15 is 0 Å². The summed E-state index contributed by atoms with van der Waals surface area (Å²) in [7, 11) is 1.79. The molecule has 0 aromatic carbocycles. The summed E-state index contributed by atoms with van der Waals surface area (Å²) in [6, 6.07) is 2.07. The van der Waals surface area contributed by atoms with E-state index in [9.17, 15) is 4.79 Å². The average molecular weight is 234 g/mol. The monoisotopic (exact) mass is 234 g/mol. The number of rotatable bonds is 4. The van der Waals surface area contributed by atoms with Crippen LogP contribution in [0.3, 0.4) is 0 Å². The van der Waals surface area contributed by atoms with E-state index in [2.05, 4.69) is 39.8 Å². The summed E-state index contributed by atoms with van der Waals surface area (Å²) >= 11 is 0. The quantitative estimate of drug-likeness (QED) is 0.702. The van der Waals surface area contributed by atoms with E-state index in [1.54, 1.807) is 11.9 Å². The van der Waals surface area contributed by atoms with Gasteiger partial charge < -0.3 is 4.90 Å². The molecule has 0 aromatic rings. The van der Waals surface area contributed by atoms with Crippen LogP contribution in [0.4, 0.5) is 0 Å². The fraction of sp³-hybridized carbons (Fsp3) is 0.714. The Labute approximate surface area is 104 Å². The minimum atomic E-state index is 0.0647. The standard InChI is InChI=1S/C14H22N2O/c1-10(2)9-11-12(14(11,3)4)13(17)16(5)8-6-7-15/h9,11-12H,6,8H2,1-5H3/t11-,12-/m1/s1. The molecule has 1 aliphatic carbocycles. The van der Waals surface area contributed by atoms with E-state index in [1.807, 2.05) is 0 Å². The minimum absolute atomic E-state index is 0.0647. The van der Waals surface area contributed by atoms with Crippen LogP contribution < -0.4 is 0 Å². The predicted octanol–water partition coefficient (Wildman–Crippen LogP) is 2.60. The molecule has 0 heterocycles. The van der Waals surface area contributed by atoms with Crippen molar-refractivity contribution >= 4 is 5.91 Å². The zero-order valence-electron chi connectivity index (χ0n) is 11.4. The maximum atomic E-state index is 12.2. The molecule has 0 aliphatic heterocycles. The van der Waals surface area contributed by atoms with Gasteiger partial charge in [-0.15, -0.1) is 0 Å². The lowest BCUT2D eigenvalue weighted by Gasteiger charge is -2.16. The SMILES string of the molecule is CC(C)=C[C@@H]1[C@H](C(=O)N(C)CCC#N)C1(C)C. The Morgan fingerprint density at radius 3 is 2.53 bits per heavy atom. The Hall–Kier alpha value is -1.30. The zero-order chi connectivity index (χ0) is 13.2. The molecule has 0 spiro atoms. The Kier molecular flexibility index (Phi) is 3.98. The van der Waals surface area contributed by atoms with Crippen LogP contribution >= 0.6 is 0 Å². The van der Waals surface area contributed by atoms with Crippen molar-refractivity contribution in [2.75, 3.05) is 13.6 Å². The molecule has 1 aliphatic rings. The number of carbonyl (C=O) groups is 1. The largest absolute Gasteiger partial charge is 0.344 e. The van der Waals surface area contributed by atoms with E-state index in [-0.39, 0.29) is 17.2 Å². The van der Waals surface area contributed by atoms with Crippen LogP contribution in [-0.2, 0) is 4.79 Å². The molecule has 1 amide bonds. The van der Waals surface area contributed by atoms with Crippen molar-refractivity contribution in [3.05, 3.63) is 11.6 Å². The Bertz CT molecular complexity index is 372. The van der Waals surface area contributed by atoms with Crippen LogP contribution in [-0.4, -0.2) is 24.4 Å². The van der Waals surface area contributed by atoms with Gasteiger partial charge in [-0.3, -0.25) is 4.79 Å². The highest BCUT2D eigenvalue weighted by Crippen LogP contribution is 2.59. The van der Waals surface area contributed by atoms with Crippen LogP contribution in [0.25, 0.3) is 0 Å². The maximum absolute atomic E-state index is 12.2. The Morgan fingerprint density at radius 2 is 2.06 bits per heavy atom. The lowest BCUT2D eigenvalue weighted by molar-refractivity contribution is -0.132. The molecule has 0 aromatic heterocycles. The number of amides is 1. The van der Waals surface area contributed by atoms with Gasteiger partial charge in [-0.1, -0.05) is 25.5 Å². The highest BCUT2D eigenvalue weighted by Gasteiger charge is 2.60. The normalized spacial score (nSPS) is 24.7. The second-order valence-electron chi connectivity index (χ2n) is 5.74. The molecule has 1 fully saturated rings. The third-order valence-corrected chi connectivity index (χ3v) is 3.62. The van der Waals surface area contributed by atoms with Gasteiger partial charge in [0, 0.05) is 13.6 Å². The van der Waals surface area contributed by atoms with Crippen molar-refractivity contribution in [3.63, 3.8) is 0 Å². The number of hydrogen-bond donors (Lipinski definition) is 0. The molecule has 17 heavy (non-hydrogen) atoms. The van der Waals surface area contributed by atoms with Gasteiger partial charge in [-0.05, 0) is 25.2 Å². The summed E-state index contributed by atoms with van der Waals surface area (Å²) in [6.07, 6.45) is 2.60. The first-order valence-corrected chi connectivity index (χ1v) is 6.09. The Morgan fingerprint density at radius 1 is 1.47 bits per heavy atom. The molecule has 0 N–H and O–H groups in total. The van der Waals surface area contributed by atoms with Crippen LogP contribution in [0.15, 0.2) is 11.6 Å². The van der Waals surface area contributed by atoms with Crippen molar-refractivity contribution in [2.24, 2.45) is 17.3 Å². The first kappa shape index (κ1) is 13.8. The molecule has 3 heteroatoms. The van der Waals surface area contributed by atoms with Gasteiger partial charge in [0.05, 0.1) is 18.4 Å². The summed E-state index contributed by atoms with van der Waals surface area (Å²) in [4.78, 5) is 13.9. The molecule has 0 bridgehead atoms. The van der Waals surface area contributed by atoms with Crippen molar-refractivity contribution in [1.29, 1.82) is 5.26 Å². The summed E-state index contributed by atoms with van der Waals surface area (Å²) in [5.74, 6) is 0.610. The molecule has 1 rings (SSSR count). The number of hydrogen-bond acceptors (Lipinski definition) is 2.